The molecule has 143 valence electrons. The maximum absolute atomic E-state index is 5.57. The topological polar surface area (TPSA) is 41.5 Å². The largest absolute Gasteiger partial charge is 0.459 e. The average molecular weight is 373 g/mol. The second-order valence-corrected chi connectivity index (χ2v) is 7.11. The maximum Gasteiger partial charge on any atom is 0.317 e. The molecule has 0 bridgehead atoms. The summed E-state index contributed by atoms with van der Waals surface area (Å²) in [5.74, 6) is 0. The van der Waals surface area contributed by atoms with Gasteiger partial charge in [0.05, 0.1) is 6.20 Å². The summed E-state index contributed by atoms with van der Waals surface area (Å²) in [7, 11) is 0. The van der Waals surface area contributed by atoms with E-state index < -0.39 is 0 Å². The summed E-state index contributed by atoms with van der Waals surface area (Å²) in [6.45, 7) is 6.97. The van der Waals surface area contributed by atoms with Gasteiger partial charge in [-0.25, -0.2) is 4.98 Å². The zero-order valence-electron chi connectivity index (χ0n) is 16.0. The third-order valence-corrected chi connectivity index (χ3v) is 5.01. The molecular weight excluding hydrogens is 348 g/mol. The molecule has 5 nitrogen and oxygen atoms in total. The minimum Gasteiger partial charge on any atom is -0.459 e. The van der Waals surface area contributed by atoms with Crippen LogP contribution in [0.2, 0.25) is 0 Å². The molecule has 1 fully saturated rings. The lowest BCUT2D eigenvalue weighted by Crippen LogP contribution is -2.45. The molecular formula is C23H25N4O. The van der Waals surface area contributed by atoms with Gasteiger partial charge in [-0.3, -0.25) is 9.80 Å². The number of aromatic nitrogens is 2. The smallest absolute Gasteiger partial charge is 0.317 e. The van der Waals surface area contributed by atoms with E-state index in [4.69, 9.17) is 4.74 Å². The number of hydrogen-bond donors (Lipinski definition) is 0. The Kier molecular flexibility index (Phi) is 6.27. The third-order valence-electron chi connectivity index (χ3n) is 5.01. The lowest BCUT2D eigenvalue weighted by Gasteiger charge is -2.34. The molecule has 1 saturated heterocycles. The third kappa shape index (κ3) is 5.38. The van der Waals surface area contributed by atoms with Gasteiger partial charge in [-0.15, -0.1) is 0 Å². The van der Waals surface area contributed by atoms with Gasteiger partial charge >= 0.3 is 6.01 Å². The predicted molar refractivity (Wildman–Crippen MR) is 109 cm³/mol. The maximum atomic E-state index is 5.57. The van der Waals surface area contributed by atoms with Crippen LogP contribution < -0.4 is 4.74 Å². The first-order valence-corrected chi connectivity index (χ1v) is 9.73. The van der Waals surface area contributed by atoms with Crippen molar-refractivity contribution in [3.05, 3.63) is 89.7 Å². The minimum atomic E-state index is 0.361. The normalized spacial score (nSPS) is 15.4. The van der Waals surface area contributed by atoms with Gasteiger partial charge in [0, 0.05) is 45.5 Å². The van der Waals surface area contributed by atoms with Crippen LogP contribution in [0.15, 0.2) is 66.9 Å². The highest BCUT2D eigenvalue weighted by molar-refractivity contribution is 5.22. The number of rotatable bonds is 7. The Labute approximate surface area is 166 Å². The molecule has 0 aliphatic carbocycles. The van der Waals surface area contributed by atoms with Crippen LogP contribution in [0, 0.1) is 6.20 Å². The Morgan fingerprint density at radius 3 is 2.00 bits per heavy atom. The Bertz CT molecular complexity index is 831. The van der Waals surface area contributed by atoms with Gasteiger partial charge in [-0.1, -0.05) is 54.6 Å². The van der Waals surface area contributed by atoms with Crippen LogP contribution in [-0.2, 0) is 19.7 Å². The van der Waals surface area contributed by atoms with Gasteiger partial charge in [0.2, 0.25) is 0 Å². The van der Waals surface area contributed by atoms with Crippen molar-refractivity contribution < 1.29 is 4.74 Å². The van der Waals surface area contributed by atoms with Crippen molar-refractivity contribution in [3.63, 3.8) is 0 Å². The number of ether oxygens (including phenoxy) is 1. The van der Waals surface area contributed by atoms with Gasteiger partial charge in [0.25, 0.3) is 0 Å². The van der Waals surface area contributed by atoms with E-state index in [2.05, 4.69) is 80.6 Å². The number of hydrogen-bond acceptors (Lipinski definition) is 5. The molecule has 1 aromatic heterocycles. The summed E-state index contributed by atoms with van der Waals surface area (Å²) in [6.07, 6.45) is 4.35. The first kappa shape index (κ1) is 18.6. The number of piperazine rings is 1. The van der Waals surface area contributed by atoms with E-state index in [9.17, 15) is 0 Å². The molecule has 0 amide bonds. The molecule has 0 saturated carbocycles. The lowest BCUT2D eigenvalue weighted by molar-refractivity contribution is 0.122. The molecule has 3 aromatic rings. The zero-order chi connectivity index (χ0) is 19.0. The van der Waals surface area contributed by atoms with Crippen LogP contribution in [0.4, 0.5) is 0 Å². The molecule has 4 rings (SSSR count). The molecule has 0 spiro atoms. The van der Waals surface area contributed by atoms with E-state index in [0.717, 1.165) is 44.8 Å². The minimum absolute atomic E-state index is 0.361. The van der Waals surface area contributed by atoms with E-state index in [1.807, 2.05) is 0 Å². The van der Waals surface area contributed by atoms with Crippen molar-refractivity contribution in [2.45, 2.75) is 19.7 Å². The summed E-state index contributed by atoms with van der Waals surface area (Å²) in [6, 6.07) is 21.4. The summed E-state index contributed by atoms with van der Waals surface area (Å²) in [5, 5.41) is 0. The highest BCUT2D eigenvalue weighted by atomic mass is 16.5. The summed E-state index contributed by atoms with van der Waals surface area (Å²) in [5.41, 5.74) is 3.85. The van der Waals surface area contributed by atoms with Crippen molar-refractivity contribution in [1.29, 1.82) is 0 Å². The van der Waals surface area contributed by atoms with E-state index >= 15 is 0 Å². The fourth-order valence-corrected chi connectivity index (χ4v) is 3.42. The summed E-state index contributed by atoms with van der Waals surface area (Å²) in [4.78, 5) is 13.1. The molecule has 5 heteroatoms. The first-order chi connectivity index (χ1) is 13.8. The average Bonchev–Trinajstić information content (AvgIpc) is 2.76. The standard InChI is InChI=1S/C23H25N4O/c1-2-5-20(6-3-1)17-26-13-15-27(16-14-26)18-21-7-9-22(10-8-21)19-28-23-24-11-4-12-25-23/h1-11H,13-19H2. The Hall–Kier alpha value is -2.76. The van der Waals surface area contributed by atoms with Crippen LogP contribution in [0.1, 0.15) is 16.7 Å². The van der Waals surface area contributed by atoms with Crippen molar-refractivity contribution in [1.82, 2.24) is 19.8 Å². The molecule has 2 heterocycles. The molecule has 1 aliphatic rings. The van der Waals surface area contributed by atoms with Gasteiger partial charge in [0.1, 0.15) is 6.61 Å². The summed E-state index contributed by atoms with van der Waals surface area (Å²) < 4.78 is 5.57. The van der Waals surface area contributed by atoms with Gasteiger partial charge in [-0.2, -0.15) is 4.98 Å². The van der Waals surface area contributed by atoms with Crippen molar-refractivity contribution >= 4 is 0 Å². The Balaban J connectivity index is 1.22. The van der Waals surface area contributed by atoms with Crippen molar-refractivity contribution in [3.8, 4) is 6.01 Å². The predicted octanol–water partition coefficient (Wildman–Crippen LogP) is 3.17. The van der Waals surface area contributed by atoms with E-state index in [-0.39, 0.29) is 0 Å². The molecule has 0 N–H and O–H groups in total. The molecule has 28 heavy (non-hydrogen) atoms. The molecule has 0 unspecified atom stereocenters. The van der Waals surface area contributed by atoms with Crippen LogP contribution in [-0.4, -0.2) is 45.9 Å². The van der Waals surface area contributed by atoms with Crippen LogP contribution in [0.3, 0.4) is 0 Å². The first-order valence-electron chi connectivity index (χ1n) is 9.73. The van der Waals surface area contributed by atoms with Crippen molar-refractivity contribution in [2.75, 3.05) is 26.2 Å². The fraction of sp³-hybridized carbons (Fsp3) is 0.304. The number of nitrogens with zero attached hydrogens (tertiary/aromatic N) is 4. The highest BCUT2D eigenvalue weighted by Crippen LogP contribution is 2.13. The molecule has 1 radical (unpaired) electrons. The summed E-state index contributed by atoms with van der Waals surface area (Å²) >= 11 is 0. The van der Waals surface area contributed by atoms with Gasteiger partial charge in [-0.05, 0) is 22.8 Å². The Morgan fingerprint density at radius 1 is 0.786 bits per heavy atom. The van der Waals surface area contributed by atoms with Crippen LogP contribution >= 0.6 is 0 Å². The van der Waals surface area contributed by atoms with Gasteiger partial charge in [0.15, 0.2) is 0 Å². The number of benzene rings is 2. The van der Waals surface area contributed by atoms with E-state index in [1.54, 1.807) is 12.3 Å². The SMILES string of the molecule is [c]1ccnc(OCc2ccc(CN3CCN(Cc4ccccc4)CC3)cc2)n1. The monoisotopic (exact) mass is 373 g/mol. The highest BCUT2D eigenvalue weighted by Gasteiger charge is 2.17. The fourth-order valence-electron chi connectivity index (χ4n) is 3.42. The second-order valence-electron chi connectivity index (χ2n) is 7.11. The van der Waals surface area contributed by atoms with E-state index in [1.165, 1.54) is 11.1 Å². The van der Waals surface area contributed by atoms with Gasteiger partial charge < -0.3 is 4.74 Å². The quantitative estimate of drug-likeness (QED) is 0.636. The lowest BCUT2D eigenvalue weighted by atomic mass is 10.1. The Morgan fingerprint density at radius 2 is 1.39 bits per heavy atom. The van der Waals surface area contributed by atoms with E-state index in [0.29, 0.717) is 12.6 Å². The zero-order valence-corrected chi connectivity index (χ0v) is 16.0. The van der Waals surface area contributed by atoms with Crippen molar-refractivity contribution in [2.24, 2.45) is 0 Å². The molecule has 0 atom stereocenters. The molecule has 1 aliphatic heterocycles. The second kappa shape index (κ2) is 9.44. The van der Waals surface area contributed by atoms with Crippen LogP contribution in [0.25, 0.3) is 0 Å². The molecule has 2 aromatic carbocycles. The van der Waals surface area contributed by atoms with Crippen LogP contribution in [0.5, 0.6) is 6.01 Å².